The molecule has 2 aromatic rings. The van der Waals surface area contributed by atoms with Crippen LogP contribution in [0, 0.1) is 0 Å². The van der Waals surface area contributed by atoms with Gasteiger partial charge in [-0.15, -0.1) is 0 Å². The van der Waals surface area contributed by atoms with Crippen LogP contribution < -0.4 is 10.9 Å². The maximum Gasteiger partial charge on any atom is 0.256 e. The summed E-state index contributed by atoms with van der Waals surface area (Å²) >= 11 is 0. The van der Waals surface area contributed by atoms with Crippen molar-refractivity contribution in [3.63, 3.8) is 0 Å². The average molecular weight is 283 g/mol. The lowest BCUT2D eigenvalue weighted by atomic mass is 10.0. The molecular weight excluding hydrogens is 266 g/mol. The fraction of sp³-hybridized carbons (Fsp3) is 0.250. The molecule has 1 amide bonds. The van der Waals surface area contributed by atoms with E-state index in [1.165, 1.54) is 12.3 Å². The van der Waals surface area contributed by atoms with Crippen molar-refractivity contribution < 1.29 is 4.79 Å². The number of amides is 1. The number of nitrogens with zero attached hydrogens (tertiary/aromatic N) is 1. The van der Waals surface area contributed by atoms with Gasteiger partial charge in [-0.2, -0.15) is 0 Å². The Morgan fingerprint density at radius 3 is 2.52 bits per heavy atom. The summed E-state index contributed by atoms with van der Waals surface area (Å²) < 4.78 is 0. The molecular formula is C16H17N3O2. The Kier molecular flexibility index (Phi) is 3.83. The van der Waals surface area contributed by atoms with Crippen LogP contribution >= 0.6 is 0 Å². The van der Waals surface area contributed by atoms with Crippen molar-refractivity contribution in [2.75, 3.05) is 26.2 Å². The van der Waals surface area contributed by atoms with E-state index < -0.39 is 0 Å². The fourth-order valence-electron chi connectivity index (χ4n) is 2.54. The van der Waals surface area contributed by atoms with E-state index in [4.69, 9.17) is 0 Å². The molecule has 0 atom stereocenters. The van der Waals surface area contributed by atoms with Gasteiger partial charge in [0.15, 0.2) is 0 Å². The molecule has 3 rings (SSSR count). The summed E-state index contributed by atoms with van der Waals surface area (Å²) in [4.78, 5) is 28.7. The number of rotatable bonds is 2. The van der Waals surface area contributed by atoms with E-state index >= 15 is 0 Å². The number of pyridine rings is 1. The number of hydrogen-bond acceptors (Lipinski definition) is 3. The van der Waals surface area contributed by atoms with Gasteiger partial charge in [-0.25, -0.2) is 0 Å². The Balaban J connectivity index is 2.02. The van der Waals surface area contributed by atoms with Crippen molar-refractivity contribution in [2.24, 2.45) is 0 Å². The first-order valence-corrected chi connectivity index (χ1v) is 7.04. The molecule has 108 valence electrons. The van der Waals surface area contributed by atoms with E-state index in [0.29, 0.717) is 24.2 Å². The monoisotopic (exact) mass is 283 g/mol. The minimum absolute atomic E-state index is 0.0356. The summed E-state index contributed by atoms with van der Waals surface area (Å²) in [6, 6.07) is 11.0. The molecule has 1 aromatic carbocycles. The third kappa shape index (κ3) is 2.87. The van der Waals surface area contributed by atoms with Crippen molar-refractivity contribution in [3.05, 3.63) is 58.5 Å². The second kappa shape index (κ2) is 5.93. The van der Waals surface area contributed by atoms with Crippen LogP contribution in [0.3, 0.4) is 0 Å². The summed E-state index contributed by atoms with van der Waals surface area (Å²) in [5.74, 6) is -0.0356. The van der Waals surface area contributed by atoms with E-state index in [-0.39, 0.29) is 11.5 Å². The molecule has 2 heterocycles. The molecule has 1 aliphatic rings. The van der Waals surface area contributed by atoms with Gasteiger partial charge in [-0.3, -0.25) is 9.59 Å². The van der Waals surface area contributed by atoms with Gasteiger partial charge in [0.25, 0.3) is 5.91 Å². The minimum Gasteiger partial charge on any atom is -0.336 e. The van der Waals surface area contributed by atoms with Crippen molar-refractivity contribution in [1.82, 2.24) is 15.2 Å². The molecule has 0 bridgehead atoms. The number of carbonyl (C=O) groups is 1. The van der Waals surface area contributed by atoms with Crippen LogP contribution in [0.1, 0.15) is 10.4 Å². The number of carbonyl (C=O) groups excluding carboxylic acids is 1. The average Bonchev–Trinajstić information content (AvgIpc) is 2.56. The number of benzene rings is 1. The van der Waals surface area contributed by atoms with E-state index in [9.17, 15) is 9.59 Å². The topological polar surface area (TPSA) is 65.2 Å². The largest absolute Gasteiger partial charge is 0.336 e. The highest BCUT2D eigenvalue weighted by Gasteiger charge is 2.21. The molecule has 0 spiro atoms. The Morgan fingerprint density at radius 1 is 1.10 bits per heavy atom. The summed E-state index contributed by atoms with van der Waals surface area (Å²) in [6.45, 7) is 2.98. The lowest BCUT2D eigenvalue weighted by molar-refractivity contribution is 0.0736. The second-order valence-electron chi connectivity index (χ2n) is 5.03. The van der Waals surface area contributed by atoms with Gasteiger partial charge in [-0.05, 0) is 5.56 Å². The quantitative estimate of drug-likeness (QED) is 0.867. The lowest BCUT2D eigenvalue weighted by Crippen LogP contribution is -2.46. The molecule has 5 heteroatoms. The normalized spacial score (nSPS) is 15.0. The molecule has 5 nitrogen and oxygen atoms in total. The molecule has 1 aromatic heterocycles. The van der Waals surface area contributed by atoms with Gasteiger partial charge in [0, 0.05) is 44.0 Å². The third-order valence-electron chi connectivity index (χ3n) is 3.64. The highest BCUT2D eigenvalue weighted by Crippen LogP contribution is 2.22. The predicted molar refractivity (Wildman–Crippen MR) is 81.3 cm³/mol. The highest BCUT2D eigenvalue weighted by molar-refractivity contribution is 6.00. The number of nitrogens with one attached hydrogen (secondary N) is 2. The van der Waals surface area contributed by atoms with Gasteiger partial charge in [0.05, 0.1) is 5.56 Å². The molecule has 0 radical (unpaired) electrons. The zero-order valence-corrected chi connectivity index (χ0v) is 11.6. The Morgan fingerprint density at radius 2 is 1.81 bits per heavy atom. The van der Waals surface area contributed by atoms with Crippen LogP contribution in [-0.2, 0) is 0 Å². The molecule has 0 saturated carbocycles. The van der Waals surface area contributed by atoms with Crippen molar-refractivity contribution >= 4 is 5.91 Å². The fourth-order valence-corrected chi connectivity index (χ4v) is 2.54. The van der Waals surface area contributed by atoms with E-state index in [1.807, 2.05) is 35.2 Å². The van der Waals surface area contributed by atoms with Gasteiger partial charge < -0.3 is 15.2 Å². The van der Waals surface area contributed by atoms with Gasteiger partial charge in [0.1, 0.15) is 0 Å². The van der Waals surface area contributed by atoms with Crippen molar-refractivity contribution in [2.45, 2.75) is 0 Å². The number of H-pyrrole nitrogens is 1. The van der Waals surface area contributed by atoms with Crippen molar-refractivity contribution in [3.8, 4) is 11.1 Å². The number of hydrogen-bond donors (Lipinski definition) is 2. The summed E-state index contributed by atoms with van der Waals surface area (Å²) in [5, 5.41) is 3.22. The summed E-state index contributed by atoms with van der Waals surface area (Å²) in [6.07, 6.45) is 1.52. The van der Waals surface area contributed by atoms with Gasteiger partial charge in [0.2, 0.25) is 5.56 Å². The number of aromatic amines is 1. The maximum absolute atomic E-state index is 12.7. The minimum atomic E-state index is -0.203. The Labute approximate surface area is 122 Å². The van der Waals surface area contributed by atoms with Crippen LogP contribution in [-0.4, -0.2) is 42.0 Å². The lowest BCUT2D eigenvalue weighted by Gasteiger charge is -2.28. The smallest absolute Gasteiger partial charge is 0.256 e. The van der Waals surface area contributed by atoms with E-state index in [0.717, 1.165) is 18.7 Å². The first-order chi connectivity index (χ1) is 10.3. The standard InChI is InChI=1S/C16H17N3O2/c20-15-10-13(12-4-2-1-3-5-12)14(11-18-15)16(21)19-8-6-17-7-9-19/h1-5,10-11,17H,6-9H2,(H,18,20). The van der Waals surface area contributed by atoms with Crippen LogP contribution in [0.2, 0.25) is 0 Å². The SMILES string of the molecule is O=C(c1c[nH]c(=O)cc1-c1ccccc1)N1CCNCC1. The Hall–Kier alpha value is -2.40. The second-order valence-corrected chi connectivity index (χ2v) is 5.03. The van der Waals surface area contributed by atoms with E-state index in [1.54, 1.807) is 0 Å². The van der Waals surface area contributed by atoms with Gasteiger partial charge in [-0.1, -0.05) is 30.3 Å². The molecule has 21 heavy (non-hydrogen) atoms. The summed E-state index contributed by atoms with van der Waals surface area (Å²) in [7, 11) is 0. The van der Waals surface area contributed by atoms with Crippen LogP contribution in [0.5, 0.6) is 0 Å². The zero-order chi connectivity index (χ0) is 14.7. The van der Waals surface area contributed by atoms with Gasteiger partial charge >= 0.3 is 0 Å². The van der Waals surface area contributed by atoms with Crippen LogP contribution in [0.15, 0.2) is 47.4 Å². The zero-order valence-electron chi connectivity index (χ0n) is 11.6. The molecule has 0 unspecified atom stereocenters. The maximum atomic E-state index is 12.7. The van der Waals surface area contributed by atoms with Crippen LogP contribution in [0.4, 0.5) is 0 Å². The first kappa shape index (κ1) is 13.6. The third-order valence-corrected chi connectivity index (χ3v) is 3.64. The van der Waals surface area contributed by atoms with E-state index in [2.05, 4.69) is 10.3 Å². The predicted octanol–water partition coefficient (Wildman–Crippen LogP) is 1.09. The van der Waals surface area contributed by atoms with Crippen LogP contribution in [0.25, 0.3) is 11.1 Å². The number of piperazine rings is 1. The summed E-state index contributed by atoms with van der Waals surface area (Å²) in [5.41, 5.74) is 1.90. The number of aromatic nitrogens is 1. The first-order valence-electron chi connectivity index (χ1n) is 7.04. The molecule has 1 aliphatic heterocycles. The molecule has 0 aliphatic carbocycles. The highest BCUT2D eigenvalue weighted by atomic mass is 16.2. The Bertz CT molecular complexity index is 688. The molecule has 1 fully saturated rings. The molecule has 2 N–H and O–H groups in total. The van der Waals surface area contributed by atoms with Crippen molar-refractivity contribution in [1.29, 1.82) is 0 Å². The molecule has 1 saturated heterocycles.